The van der Waals surface area contributed by atoms with Gasteiger partial charge >= 0.3 is 0 Å². The van der Waals surface area contributed by atoms with Crippen LogP contribution in [0.5, 0.6) is 0 Å². The summed E-state index contributed by atoms with van der Waals surface area (Å²) in [5.74, 6) is -1.96. The minimum atomic E-state index is -1.79. The summed E-state index contributed by atoms with van der Waals surface area (Å²) in [6, 6.07) is 12.7. The van der Waals surface area contributed by atoms with Crippen LogP contribution in [0, 0.1) is 11.6 Å². The SMILES string of the molecule is C[C@@H](c1nc(-c2ccccc2)cs1)[C@](O)(Cn1cncn1)c1cc(F)ccc1F. The molecule has 8 heteroatoms. The average Bonchev–Trinajstić information content (AvgIpc) is 3.42. The normalized spacial score (nSPS) is 14.5. The lowest BCUT2D eigenvalue weighted by Crippen LogP contribution is -2.38. The summed E-state index contributed by atoms with van der Waals surface area (Å²) in [4.78, 5) is 8.53. The van der Waals surface area contributed by atoms with Crippen molar-refractivity contribution in [3.63, 3.8) is 0 Å². The molecule has 0 saturated carbocycles. The van der Waals surface area contributed by atoms with Gasteiger partial charge in [0.1, 0.15) is 29.9 Å². The van der Waals surface area contributed by atoms with E-state index in [-0.39, 0.29) is 12.1 Å². The number of rotatable bonds is 6. The molecule has 2 atom stereocenters. The van der Waals surface area contributed by atoms with Gasteiger partial charge in [0, 0.05) is 22.4 Å². The summed E-state index contributed by atoms with van der Waals surface area (Å²) >= 11 is 1.36. The number of nitrogens with zero attached hydrogens (tertiary/aromatic N) is 4. The molecular formula is C21H18F2N4OS. The van der Waals surface area contributed by atoms with Crippen LogP contribution < -0.4 is 0 Å². The largest absolute Gasteiger partial charge is 0.382 e. The number of benzene rings is 2. The summed E-state index contributed by atoms with van der Waals surface area (Å²) in [7, 11) is 0. The van der Waals surface area contributed by atoms with E-state index in [1.165, 1.54) is 28.7 Å². The predicted molar refractivity (Wildman–Crippen MR) is 106 cm³/mol. The van der Waals surface area contributed by atoms with Gasteiger partial charge in [0.05, 0.1) is 17.2 Å². The van der Waals surface area contributed by atoms with E-state index in [0.29, 0.717) is 5.01 Å². The Balaban J connectivity index is 1.77. The van der Waals surface area contributed by atoms with Gasteiger partial charge in [0.15, 0.2) is 0 Å². The molecule has 0 spiro atoms. The van der Waals surface area contributed by atoms with Crippen LogP contribution in [-0.2, 0) is 12.1 Å². The Morgan fingerprint density at radius 1 is 1.17 bits per heavy atom. The van der Waals surface area contributed by atoms with Crippen LogP contribution in [0.4, 0.5) is 8.78 Å². The van der Waals surface area contributed by atoms with E-state index in [2.05, 4.69) is 15.1 Å². The molecule has 0 fully saturated rings. The van der Waals surface area contributed by atoms with Crippen LogP contribution in [0.15, 0.2) is 66.6 Å². The molecule has 2 aromatic carbocycles. The van der Waals surface area contributed by atoms with Gasteiger partial charge in [-0.15, -0.1) is 11.3 Å². The smallest absolute Gasteiger partial charge is 0.137 e. The highest BCUT2D eigenvalue weighted by molar-refractivity contribution is 7.10. The fourth-order valence-corrected chi connectivity index (χ4v) is 4.25. The van der Waals surface area contributed by atoms with Crippen molar-refractivity contribution < 1.29 is 13.9 Å². The Morgan fingerprint density at radius 3 is 2.69 bits per heavy atom. The molecule has 2 aromatic heterocycles. The Bertz CT molecular complexity index is 1100. The first-order valence-electron chi connectivity index (χ1n) is 8.98. The van der Waals surface area contributed by atoms with Crippen LogP contribution in [0.25, 0.3) is 11.3 Å². The fourth-order valence-electron chi connectivity index (χ4n) is 3.28. The number of thiazole rings is 1. The van der Waals surface area contributed by atoms with Gasteiger partial charge in [0.25, 0.3) is 0 Å². The van der Waals surface area contributed by atoms with E-state index >= 15 is 0 Å². The highest BCUT2D eigenvalue weighted by atomic mass is 32.1. The zero-order valence-electron chi connectivity index (χ0n) is 15.5. The van der Waals surface area contributed by atoms with Gasteiger partial charge in [0.2, 0.25) is 0 Å². The van der Waals surface area contributed by atoms with Crippen molar-refractivity contribution in [1.29, 1.82) is 0 Å². The van der Waals surface area contributed by atoms with Crippen molar-refractivity contribution in [2.24, 2.45) is 0 Å². The van der Waals surface area contributed by atoms with Crippen molar-refractivity contribution in [3.05, 3.63) is 88.8 Å². The third-order valence-electron chi connectivity index (χ3n) is 4.94. The van der Waals surface area contributed by atoms with Crippen LogP contribution in [0.2, 0.25) is 0 Å². The van der Waals surface area contributed by atoms with Crippen LogP contribution in [0.3, 0.4) is 0 Å². The fraction of sp³-hybridized carbons (Fsp3) is 0.190. The molecule has 4 rings (SSSR count). The molecule has 5 nitrogen and oxygen atoms in total. The van der Waals surface area contributed by atoms with Crippen molar-refractivity contribution >= 4 is 11.3 Å². The van der Waals surface area contributed by atoms with E-state index in [1.54, 1.807) is 6.92 Å². The van der Waals surface area contributed by atoms with E-state index in [4.69, 9.17) is 0 Å². The van der Waals surface area contributed by atoms with Crippen molar-refractivity contribution in [2.75, 3.05) is 0 Å². The van der Waals surface area contributed by atoms with Gasteiger partial charge < -0.3 is 5.11 Å². The number of aromatic nitrogens is 4. The predicted octanol–water partition coefficient (Wildman–Crippen LogP) is 4.37. The van der Waals surface area contributed by atoms with Crippen molar-refractivity contribution in [2.45, 2.75) is 25.0 Å². The molecule has 0 unspecified atom stereocenters. The van der Waals surface area contributed by atoms with Gasteiger partial charge in [-0.2, -0.15) is 5.10 Å². The number of aliphatic hydroxyl groups is 1. The zero-order valence-corrected chi connectivity index (χ0v) is 16.4. The molecular weight excluding hydrogens is 394 g/mol. The van der Waals surface area contributed by atoms with E-state index in [9.17, 15) is 13.9 Å². The number of hydrogen-bond acceptors (Lipinski definition) is 5. The lowest BCUT2D eigenvalue weighted by Gasteiger charge is -2.33. The zero-order chi connectivity index (χ0) is 20.4. The molecule has 0 aliphatic heterocycles. The molecule has 1 N–H and O–H groups in total. The molecule has 0 amide bonds. The lowest BCUT2D eigenvalue weighted by atomic mass is 9.82. The van der Waals surface area contributed by atoms with Crippen LogP contribution in [-0.4, -0.2) is 24.9 Å². The molecule has 0 bridgehead atoms. The monoisotopic (exact) mass is 412 g/mol. The topological polar surface area (TPSA) is 63.8 Å². The highest BCUT2D eigenvalue weighted by Gasteiger charge is 2.41. The molecule has 2 heterocycles. The summed E-state index contributed by atoms with van der Waals surface area (Å²) in [6.07, 6.45) is 2.75. The quantitative estimate of drug-likeness (QED) is 0.511. The second kappa shape index (κ2) is 7.81. The van der Waals surface area contributed by atoms with E-state index < -0.39 is 23.2 Å². The standard InChI is InChI=1S/C21H18F2N4OS/c1-14(20-26-19(10-29-20)15-5-3-2-4-6-15)21(28,11-27-13-24-12-25-27)17-9-16(22)7-8-18(17)23/h2-10,12-14,28H,11H2,1H3/t14-,21+/m0/s1. The molecule has 0 radical (unpaired) electrons. The van der Waals surface area contributed by atoms with E-state index in [0.717, 1.165) is 29.5 Å². The minimum absolute atomic E-state index is 0.102. The maximum Gasteiger partial charge on any atom is 0.137 e. The molecule has 4 aromatic rings. The number of hydrogen-bond donors (Lipinski definition) is 1. The Labute approximate surface area is 170 Å². The third-order valence-corrected chi connectivity index (χ3v) is 5.97. The maximum atomic E-state index is 14.7. The molecule has 0 saturated heterocycles. The summed E-state index contributed by atoms with van der Waals surface area (Å²) < 4.78 is 30.0. The highest BCUT2D eigenvalue weighted by Crippen LogP contribution is 2.41. The van der Waals surface area contributed by atoms with Crippen LogP contribution in [0.1, 0.15) is 23.4 Å². The first-order valence-corrected chi connectivity index (χ1v) is 9.86. The third kappa shape index (κ3) is 3.81. The first-order chi connectivity index (χ1) is 14.0. The maximum absolute atomic E-state index is 14.7. The second-order valence-corrected chi connectivity index (χ2v) is 7.69. The number of halogens is 2. The Morgan fingerprint density at radius 2 is 1.97 bits per heavy atom. The summed E-state index contributed by atoms with van der Waals surface area (Å²) in [6.45, 7) is 1.64. The van der Waals surface area contributed by atoms with Crippen LogP contribution >= 0.6 is 11.3 Å². The van der Waals surface area contributed by atoms with Gasteiger partial charge in [-0.05, 0) is 18.2 Å². The van der Waals surface area contributed by atoms with Crippen molar-refractivity contribution in [3.8, 4) is 11.3 Å². The molecule has 0 aliphatic carbocycles. The lowest BCUT2D eigenvalue weighted by molar-refractivity contribution is -0.0114. The summed E-state index contributed by atoms with van der Waals surface area (Å²) in [5, 5.41) is 18.1. The second-order valence-electron chi connectivity index (χ2n) is 6.80. The molecule has 29 heavy (non-hydrogen) atoms. The molecule has 0 aliphatic rings. The molecule has 148 valence electrons. The van der Waals surface area contributed by atoms with Gasteiger partial charge in [-0.1, -0.05) is 37.3 Å². The minimum Gasteiger partial charge on any atom is -0.382 e. The van der Waals surface area contributed by atoms with Gasteiger partial charge in [-0.25, -0.2) is 23.4 Å². The average molecular weight is 412 g/mol. The summed E-state index contributed by atoms with van der Waals surface area (Å²) in [5.41, 5.74) is -0.220. The van der Waals surface area contributed by atoms with Crippen molar-refractivity contribution in [1.82, 2.24) is 19.7 Å². The first kappa shape index (κ1) is 19.4. The van der Waals surface area contributed by atoms with E-state index in [1.807, 2.05) is 35.7 Å². The Hall–Kier alpha value is -2.97. The Kier molecular flexibility index (Phi) is 5.21. The van der Waals surface area contributed by atoms with Gasteiger partial charge in [-0.3, -0.25) is 0 Å².